The second-order valence-corrected chi connectivity index (χ2v) is 5.71. The third-order valence-electron chi connectivity index (χ3n) is 3.50. The predicted molar refractivity (Wildman–Crippen MR) is 99.5 cm³/mol. The van der Waals surface area contributed by atoms with Crippen LogP contribution in [-0.4, -0.2) is 28.1 Å². The Kier molecular flexibility index (Phi) is 6.59. The number of anilines is 1. The minimum absolute atomic E-state index is 0.0304. The van der Waals surface area contributed by atoms with Crippen molar-refractivity contribution in [2.45, 2.75) is 19.8 Å². The van der Waals surface area contributed by atoms with Crippen LogP contribution in [0.1, 0.15) is 24.0 Å². The van der Waals surface area contributed by atoms with Gasteiger partial charge in [-0.15, -0.1) is 0 Å². The molecule has 0 aliphatic rings. The van der Waals surface area contributed by atoms with E-state index >= 15 is 0 Å². The lowest BCUT2D eigenvalue weighted by Gasteiger charge is -2.05. The molecule has 3 N–H and O–H groups in total. The Morgan fingerprint density at radius 2 is 1.93 bits per heavy atom. The van der Waals surface area contributed by atoms with Crippen LogP contribution in [0.25, 0.3) is 0 Å². The SMILES string of the molecule is Cc1cccc(NC(=O)CCC(=O)N/N=C/c2cc([N+](=O)[O-])ccc2O)c1. The van der Waals surface area contributed by atoms with E-state index in [-0.39, 0.29) is 35.7 Å². The van der Waals surface area contributed by atoms with Crippen LogP contribution in [0.3, 0.4) is 0 Å². The number of nitro benzene ring substituents is 1. The van der Waals surface area contributed by atoms with Gasteiger partial charge >= 0.3 is 0 Å². The van der Waals surface area contributed by atoms with E-state index in [2.05, 4.69) is 15.8 Å². The Labute approximate surface area is 154 Å². The lowest BCUT2D eigenvalue weighted by Crippen LogP contribution is -2.20. The highest BCUT2D eigenvalue weighted by molar-refractivity contribution is 5.93. The zero-order valence-corrected chi connectivity index (χ0v) is 14.5. The molecule has 0 spiro atoms. The zero-order chi connectivity index (χ0) is 19.8. The molecule has 9 nitrogen and oxygen atoms in total. The first-order valence-corrected chi connectivity index (χ1v) is 8.01. The number of hydrazone groups is 1. The van der Waals surface area contributed by atoms with Gasteiger partial charge in [0.2, 0.25) is 11.8 Å². The Balaban J connectivity index is 1.82. The van der Waals surface area contributed by atoms with Crippen molar-refractivity contribution in [1.29, 1.82) is 0 Å². The Morgan fingerprint density at radius 1 is 1.19 bits per heavy atom. The van der Waals surface area contributed by atoms with Crippen LogP contribution in [0, 0.1) is 17.0 Å². The average molecular weight is 370 g/mol. The summed E-state index contributed by atoms with van der Waals surface area (Å²) in [5.41, 5.74) is 3.73. The molecule has 2 amide bonds. The largest absolute Gasteiger partial charge is 0.507 e. The number of benzene rings is 2. The van der Waals surface area contributed by atoms with Gasteiger partial charge in [0.1, 0.15) is 5.75 Å². The molecule has 0 saturated carbocycles. The first-order valence-electron chi connectivity index (χ1n) is 8.01. The van der Waals surface area contributed by atoms with Crippen LogP contribution in [0.2, 0.25) is 0 Å². The number of aromatic hydroxyl groups is 1. The van der Waals surface area contributed by atoms with Gasteiger partial charge in [0, 0.05) is 36.2 Å². The van der Waals surface area contributed by atoms with E-state index in [1.807, 2.05) is 25.1 Å². The van der Waals surface area contributed by atoms with Gasteiger partial charge in [0.05, 0.1) is 11.1 Å². The highest BCUT2D eigenvalue weighted by Crippen LogP contribution is 2.21. The van der Waals surface area contributed by atoms with Crippen molar-refractivity contribution in [2.75, 3.05) is 5.32 Å². The third kappa shape index (κ3) is 6.24. The maximum absolute atomic E-state index is 11.8. The number of amides is 2. The minimum Gasteiger partial charge on any atom is -0.507 e. The van der Waals surface area contributed by atoms with Crippen LogP contribution < -0.4 is 10.7 Å². The minimum atomic E-state index is -0.609. The van der Waals surface area contributed by atoms with Crippen molar-refractivity contribution in [3.63, 3.8) is 0 Å². The Bertz CT molecular complexity index is 895. The third-order valence-corrected chi connectivity index (χ3v) is 3.50. The first kappa shape index (κ1) is 19.6. The summed E-state index contributed by atoms with van der Waals surface area (Å²) in [6.45, 7) is 1.90. The highest BCUT2D eigenvalue weighted by atomic mass is 16.6. The summed E-state index contributed by atoms with van der Waals surface area (Å²) in [5.74, 6) is -1.03. The van der Waals surface area contributed by atoms with Crippen LogP contribution in [0.15, 0.2) is 47.6 Å². The van der Waals surface area contributed by atoms with Crippen molar-refractivity contribution in [3.8, 4) is 5.75 Å². The fourth-order valence-corrected chi connectivity index (χ4v) is 2.16. The molecule has 0 atom stereocenters. The van der Waals surface area contributed by atoms with Gasteiger partial charge in [-0.1, -0.05) is 12.1 Å². The van der Waals surface area contributed by atoms with Crippen LogP contribution in [-0.2, 0) is 9.59 Å². The number of nitrogens with one attached hydrogen (secondary N) is 2. The van der Waals surface area contributed by atoms with Crippen LogP contribution in [0.5, 0.6) is 5.75 Å². The van der Waals surface area contributed by atoms with E-state index in [9.17, 15) is 24.8 Å². The maximum atomic E-state index is 11.8. The molecule has 0 unspecified atom stereocenters. The quantitative estimate of drug-likeness (QED) is 0.391. The van der Waals surface area contributed by atoms with Crippen molar-refractivity contribution in [1.82, 2.24) is 5.43 Å². The van der Waals surface area contributed by atoms with Gasteiger partial charge in [-0.2, -0.15) is 5.10 Å². The van der Waals surface area contributed by atoms with E-state index < -0.39 is 10.8 Å². The number of non-ortho nitro benzene ring substituents is 1. The molecule has 0 saturated heterocycles. The number of phenolic OH excluding ortho intramolecular Hbond substituents is 1. The number of hydrogen-bond donors (Lipinski definition) is 3. The second kappa shape index (κ2) is 9.09. The Hall–Kier alpha value is -3.75. The molecule has 140 valence electrons. The molecule has 2 rings (SSSR count). The van der Waals surface area contributed by atoms with Gasteiger partial charge in [-0.25, -0.2) is 5.43 Å². The molecule has 0 bridgehead atoms. The topological polar surface area (TPSA) is 134 Å². The summed E-state index contributed by atoms with van der Waals surface area (Å²) in [7, 11) is 0. The summed E-state index contributed by atoms with van der Waals surface area (Å²) in [4.78, 5) is 33.7. The van der Waals surface area contributed by atoms with E-state index in [1.54, 1.807) is 6.07 Å². The smallest absolute Gasteiger partial charge is 0.270 e. The van der Waals surface area contributed by atoms with E-state index in [1.165, 1.54) is 0 Å². The van der Waals surface area contributed by atoms with Gasteiger partial charge in [-0.3, -0.25) is 19.7 Å². The van der Waals surface area contributed by atoms with Gasteiger partial charge in [0.25, 0.3) is 5.69 Å². The normalized spacial score (nSPS) is 10.6. The monoisotopic (exact) mass is 370 g/mol. The molecular formula is C18H18N4O5. The lowest BCUT2D eigenvalue weighted by molar-refractivity contribution is -0.384. The molecule has 0 radical (unpaired) electrons. The molecular weight excluding hydrogens is 352 g/mol. The lowest BCUT2D eigenvalue weighted by atomic mass is 10.2. The molecule has 2 aromatic rings. The number of aryl methyl sites for hydroxylation is 1. The number of nitro groups is 1. The first-order chi connectivity index (χ1) is 12.8. The molecule has 0 aromatic heterocycles. The summed E-state index contributed by atoms with van der Waals surface area (Å²) in [5, 5.41) is 26.7. The van der Waals surface area contributed by atoms with Crippen molar-refractivity contribution in [3.05, 3.63) is 63.7 Å². The number of phenols is 1. The summed E-state index contributed by atoms with van der Waals surface area (Å²) in [6, 6.07) is 10.7. The highest BCUT2D eigenvalue weighted by Gasteiger charge is 2.09. The van der Waals surface area contributed by atoms with Gasteiger partial charge < -0.3 is 10.4 Å². The molecule has 0 fully saturated rings. The standard InChI is InChI=1S/C18H18N4O5/c1-12-3-2-4-14(9-12)20-17(24)7-8-18(25)21-19-11-13-10-15(22(26)27)5-6-16(13)23/h2-6,9-11,23H,7-8H2,1H3,(H,20,24)(H,21,25)/b19-11+. The summed E-state index contributed by atoms with van der Waals surface area (Å²) < 4.78 is 0. The fourth-order valence-electron chi connectivity index (χ4n) is 2.16. The number of carbonyl (C=O) groups excluding carboxylic acids is 2. The number of nitrogens with zero attached hydrogens (tertiary/aromatic N) is 2. The van der Waals surface area contributed by atoms with E-state index in [4.69, 9.17) is 0 Å². The van der Waals surface area contributed by atoms with Gasteiger partial charge in [-0.05, 0) is 30.7 Å². The van der Waals surface area contributed by atoms with Crippen molar-refractivity contribution in [2.24, 2.45) is 5.10 Å². The van der Waals surface area contributed by atoms with Crippen molar-refractivity contribution >= 4 is 29.4 Å². The maximum Gasteiger partial charge on any atom is 0.270 e. The fraction of sp³-hybridized carbons (Fsp3) is 0.167. The van der Waals surface area contributed by atoms with E-state index in [0.29, 0.717) is 5.69 Å². The molecule has 0 aliphatic carbocycles. The summed E-state index contributed by atoms with van der Waals surface area (Å²) >= 11 is 0. The molecule has 27 heavy (non-hydrogen) atoms. The molecule has 9 heteroatoms. The predicted octanol–water partition coefficient (Wildman–Crippen LogP) is 2.48. The molecule has 0 aliphatic heterocycles. The Morgan fingerprint density at radius 3 is 2.63 bits per heavy atom. The number of carbonyl (C=O) groups is 2. The van der Waals surface area contributed by atoms with Gasteiger partial charge in [0.15, 0.2) is 0 Å². The average Bonchev–Trinajstić information content (AvgIpc) is 2.61. The number of rotatable bonds is 7. The van der Waals surface area contributed by atoms with Crippen LogP contribution >= 0.6 is 0 Å². The van der Waals surface area contributed by atoms with Crippen LogP contribution in [0.4, 0.5) is 11.4 Å². The molecule has 0 heterocycles. The zero-order valence-electron chi connectivity index (χ0n) is 14.5. The van der Waals surface area contributed by atoms with Crippen molar-refractivity contribution < 1.29 is 19.6 Å². The summed E-state index contributed by atoms with van der Waals surface area (Å²) in [6.07, 6.45) is 0.973. The second-order valence-electron chi connectivity index (χ2n) is 5.71. The number of hydrogen-bond acceptors (Lipinski definition) is 6. The molecule has 2 aromatic carbocycles. The van der Waals surface area contributed by atoms with E-state index in [0.717, 1.165) is 30.0 Å².